The summed E-state index contributed by atoms with van der Waals surface area (Å²) >= 11 is 6.10. The number of halogens is 1. The molecule has 0 aliphatic rings. The SMILES string of the molecule is CC(=O)NC(=NNNc1ccccc1[N+](=O)[O-])c1ccccc1Cl. The third-order valence-corrected chi connectivity index (χ3v) is 3.21. The van der Waals surface area contributed by atoms with Crippen LogP contribution in [0.15, 0.2) is 53.6 Å². The molecule has 0 bridgehead atoms. The number of para-hydroxylation sites is 2. The van der Waals surface area contributed by atoms with Crippen molar-refractivity contribution in [2.45, 2.75) is 6.92 Å². The lowest BCUT2D eigenvalue weighted by Gasteiger charge is -2.11. The van der Waals surface area contributed by atoms with E-state index in [1.54, 1.807) is 36.4 Å². The molecular weight excluding hydrogens is 334 g/mol. The molecule has 0 saturated heterocycles. The van der Waals surface area contributed by atoms with Gasteiger partial charge in [-0.2, -0.15) is 0 Å². The number of nitro benzene ring substituents is 1. The van der Waals surface area contributed by atoms with E-state index in [1.165, 1.54) is 19.1 Å². The number of carbonyl (C=O) groups excluding carboxylic acids is 1. The normalized spacial score (nSPS) is 10.8. The first-order valence-corrected chi connectivity index (χ1v) is 7.21. The van der Waals surface area contributed by atoms with Gasteiger partial charge >= 0.3 is 0 Å². The maximum Gasteiger partial charge on any atom is 0.294 e. The minimum atomic E-state index is -0.517. The number of nitrogens with one attached hydrogen (secondary N) is 3. The molecule has 0 aromatic heterocycles. The second kappa shape index (κ2) is 7.93. The number of hydrogen-bond donors (Lipinski definition) is 3. The van der Waals surface area contributed by atoms with Crippen LogP contribution in [0.5, 0.6) is 0 Å². The smallest absolute Gasteiger partial charge is 0.294 e. The number of benzene rings is 2. The summed E-state index contributed by atoms with van der Waals surface area (Å²) in [6.45, 7) is 1.34. The van der Waals surface area contributed by atoms with Gasteiger partial charge in [-0.1, -0.05) is 35.9 Å². The monoisotopic (exact) mass is 347 g/mol. The molecule has 2 aromatic rings. The van der Waals surface area contributed by atoms with Gasteiger partial charge in [0.15, 0.2) is 5.84 Å². The molecule has 1 amide bonds. The van der Waals surface area contributed by atoms with E-state index in [-0.39, 0.29) is 23.1 Å². The van der Waals surface area contributed by atoms with Crippen molar-refractivity contribution in [1.29, 1.82) is 0 Å². The maximum atomic E-state index is 11.3. The molecule has 0 aliphatic heterocycles. The van der Waals surface area contributed by atoms with E-state index in [1.807, 2.05) is 0 Å². The molecule has 2 rings (SSSR count). The van der Waals surface area contributed by atoms with Crippen molar-refractivity contribution in [3.05, 3.63) is 69.2 Å². The van der Waals surface area contributed by atoms with Crippen LogP contribution in [0.1, 0.15) is 12.5 Å². The second-order valence-corrected chi connectivity index (χ2v) is 5.04. The van der Waals surface area contributed by atoms with Gasteiger partial charge in [-0.15, -0.1) is 5.10 Å². The average Bonchev–Trinajstić information content (AvgIpc) is 2.54. The number of carbonyl (C=O) groups is 1. The van der Waals surface area contributed by atoms with Gasteiger partial charge in [0, 0.05) is 18.6 Å². The number of hydrazone groups is 1. The molecule has 0 aliphatic carbocycles. The molecule has 24 heavy (non-hydrogen) atoms. The van der Waals surface area contributed by atoms with Gasteiger partial charge in [-0.05, 0) is 18.2 Å². The molecule has 2 aromatic carbocycles. The Labute approximate surface area is 142 Å². The Balaban J connectivity index is 2.22. The predicted molar refractivity (Wildman–Crippen MR) is 91.7 cm³/mol. The highest BCUT2D eigenvalue weighted by molar-refractivity contribution is 6.34. The predicted octanol–water partition coefficient (Wildman–Crippen LogP) is 2.66. The zero-order chi connectivity index (χ0) is 17.5. The van der Waals surface area contributed by atoms with Crippen molar-refractivity contribution in [3.8, 4) is 0 Å². The number of hydrazine groups is 1. The molecule has 0 fully saturated rings. The average molecular weight is 348 g/mol. The fourth-order valence-corrected chi connectivity index (χ4v) is 2.08. The third-order valence-electron chi connectivity index (χ3n) is 2.88. The van der Waals surface area contributed by atoms with Gasteiger partial charge in [0.05, 0.1) is 9.95 Å². The summed E-state index contributed by atoms with van der Waals surface area (Å²) in [7, 11) is 0. The van der Waals surface area contributed by atoms with Crippen LogP contribution in [-0.2, 0) is 4.79 Å². The Kier molecular flexibility index (Phi) is 5.69. The number of nitro groups is 1. The molecule has 0 radical (unpaired) electrons. The van der Waals surface area contributed by atoms with Crippen molar-refractivity contribution >= 4 is 34.7 Å². The topological polar surface area (TPSA) is 109 Å². The first kappa shape index (κ1) is 17.2. The highest BCUT2D eigenvalue weighted by atomic mass is 35.5. The van der Waals surface area contributed by atoms with E-state index in [4.69, 9.17) is 11.6 Å². The van der Waals surface area contributed by atoms with E-state index >= 15 is 0 Å². The van der Waals surface area contributed by atoms with Crippen molar-refractivity contribution in [2.75, 3.05) is 5.43 Å². The summed E-state index contributed by atoms with van der Waals surface area (Å²) in [5.41, 5.74) is 5.73. The third kappa shape index (κ3) is 4.43. The van der Waals surface area contributed by atoms with Crippen LogP contribution in [-0.4, -0.2) is 16.7 Å². The summed E-state index contributed by atoms with van der Waals surface area (Å²) in [6.07, 6.45) is 0. The fraction of sp³-hybridized carbons (Fsp3) is 0.0667. The van der Waals surface area contributed by atoms with Gasteiger partial charge in [0.1, 0.15) is 5.69 Å². The van der Waals surface area contributed by atoms with E-state index in [9.17, 15) is 14.9 Å². The zero-order valence-corrected chi connectivity index (χ0v) is 13.4. The van der Waals surface area contributed by atoms with Crippen LogP contribution in [0.4, 0.5) is 11.4 Å². The van der Waals surface area contributed by atoms with E-state index in [0.717, 1.165) is 0 Å². The van der Waals surface area contributed by atoms with Crippen molar-refractivity contribution in [1.82, 2.24) is 10.9 Å². The summed E-state index contributed by atoms with van der Waals surface area (Å²) in [5, 5.41) is 17.9. The lowest BCUT2D eigenvalue weighted by molar-refractivity contribution is -0.384. The van der Waals surface area contributed by atoms with Crippen molar-refractivity contribution in [3.63, 3.8) is 0 Å². The minimum absolute atomic E-state index is 0.112. The van der Waals surface area contributed by atoms with Gasteiger partial charge in [0.2, 0.25) is 5.91 Å². The minimum Gasteiger partial charge on any atom is -0.309 e. The summed E-state index contributed by atoms with van der Waals surface area (Å²) < 4.78 is 0. The van der Waals surface area contributed by atoms with Gasteiger partial charge in [-0.3, -0.25) is 20.3 Å². The van der Waals surface area contributed by atoms with Crippen LogP contribution >= 0.6 is 11.6 Å². The number of anilines is 1. The molecule has 3 N–H and O–H groups in total. The number of rotatable bonds is 5. The van der Waals surface area contributed by atoms with Crippen LogP contribution in [0, 0.1) is 10.1 Å². The highest BCUT2D eigenvalue weighted by Crippen LogP contribution is 2.22. The van der Waals surface area contributed by atoms with Crippen molar-refractivity contribution in [2.24, 2.45) is 5.10 Å². The first-order valence-electron chi connectivity index (χ1n) is 6.83. The standard InChI is InChI=1S/C15H14ClN5O3/c1-10(22)17-15(11-6-2-3-7-12(11)16)19-20-18-13-8-4-5-9-14(13)21(23)24/h2-9,18,20H,1H3,(H,17,19,22). The molecule has 0 heterocycles. The fourth-order valence-electron chi connectivity index (χ4n) is 1.86. The lowest BCUT2D eigenvalue weighted by atomic mass is 10.2. The van der Waals surface area contributed by atoms with E-state index in [2.05, 4.69) is 21.4 Å². The Morgan fingerprint density at radius 3 is 2.50 bits per heavy atom. The summed E-state index contributed by atoms with van der Waals surface area (Å²) in [4.78, 5) is 21.8. The van der Waals surface area contributed by atoms with Crippen LogP contribution in [0.25, 0.3) is 0 Å². The largest absolute Gasteiger partial charge is 0.309 e. The van der Waals surface area contributed by atoms with Crippen LogP contribution < -0.4 is 16.3 Å². The van der Waals surface area contributed by atoms with E-state index < -0.39 is 4.92 Å². The summed E-state index contributed by atoms with van der Waals surface area (Å²) in [6, 6.07) is 12.9. The Hall–Kier alpha value is -3.13. The maximum absolute atomic E-state index is 11.3. The van der Waals surface area contributed by atoms with E-state index in [0.29, 0.717) is 10.6 Å². The number of amides is 1. The van der Waals surface area contributed by atoms with Gasteiger partial charge in [0.25, 0.3) is 5.69 Å². The number of amidine groups is 1. The molecule has 0 spiro atoms. The Morgan fingerprint density at radius 1 is 1.17 bits per heavy atom. The molecule has 0 unspecified atom stereocenters. The number of hydrogen-bond acceptors (Lipinski definition) is 6. The van der Waals surface area contributed by atoms with Crippen LogP contribution in [0.2, 0.25) is 5.02 Å². The molecule has 124 valence electrons. The second-order valence-electron chi connectivity index (χ2n) is 4.63. The van der Waals surface area contributed by atoms with Gasteiger partial charge < -0.3 is 5.32 Å². The Bertz CT molecular complexity index is 794. The van der Waals surface area contributed by atoms with Crippen molar-refractivity contribution < 1.29 is 9.72 Å². The van der Waals surface area contributed by atoms with Crippen LogP contribution in [0.3, 0.4) is 0 Å². The molecule has 0 saturated carbocycles. The molecule has 0 atom stereocenters. The first-order chi connectivity index (χ1) is 11.5. The Morgan fingerprint density at radius 2 is 1.83 bits per heavy atom. The quantitative estimate of drug-likeness (QED) is 0.333. The molecular formula is C15H14ClN5O3. The molecule has 8 nitrogen and oxygen atoms in total. The summed E-state index contributed by atoms with van der Waals surface area (Å²) in [5.74, 6) is -0.152. The highest BCUT2D eigenvalue weighted by Gasteiger charge is 2.12. The molecule has 9 heteroatoms. The number of nitrogens with zero attached hydrogens (tertiary/aromatic N) is 2. The lowest BCUT2D eigenvalue weighted by Crippen LogP contribution is -2.32. The van der Waals surface area contributed by atoms with Gasteiger partial charge in [-0.25, -0.2) is 5.53 Å². The zero-order valence-electron chi connectivity index (χ0n) is 12.6.